The highest BCUT2D eigenvalue weighted by Gasteiger charge is 2.09. The summed E-state index contributed by atoms with van der Waals surface area (Å²) in [7, 11) is 0. The third-order valence-corrected chi connectivity index (χ3v) is 4.11. The van der Waals surface area contributed by atoms with E-state index in [4.69, 9.17) is 9.15 Å². The summed E-state index contributed by atoms with van der Waals surface area (Å²) in [6.07, 6.45) is 2.38. The van der Waals surface area contributed by atoms with Crippen molar-refractivity contribution in [2.45, 2.75) is 39.2 Å². The van der Waals surface area contributed by atoms with E-state index in [1.165, 1.54) is 11.1 Å². The summed E-state index contributed by atoms with van der Waals surface area (Å²) in [5.41, 5.74) is 3.37. The lowest BCUT2D eigenvalue weighted by atomic mass is 10.0. The largest absolute Gasteiger partial charge is 0.494 e. The van der Waals surface area contributed by atoms with Gasteiger partial charge in [-0.25, -0.2) is 0 Å². The zero-order valence-electron chi connectivity index (χ0n) is 14.3. The molecule has 0 radical (unpaired) electrons. The molecule has 0 saturated carbocycles. The van der Waals surface area contributed by atoms with Crippen LogP contribution in [0.3, 0.4) is 0 Å². The Hall–Kier alpha value is -2.26. The molecule has 126 valence electrons. The number of hydrogen-bond donors (Lipinski definition) is 1. The average molecular weight is 324 g/mol. The molecule has 1 atom stereocenters. The minimum Gasteiger partial charge on any atom is -0.494 e. The highest BCUT2D eigenvalue weighted by atomic mass is 16.5. The monoisotopic (exact) mass is 324 g/mol. The number of furan rings is 1. The summed E-state index contributed by atoms with van der Waals surface area (Å²) in [4.78, 5) is 0. The van der Waals surface area contributed by atoms with Crippen molar-refractivity contribution in [1.82, 2.24) is 0 Å². The molecule has 1 unspecified atom stereocenters. The lowest BCUT2D eigenvalue weighted by molar-refractivity contribution is 0.172. The third-order valence-electron chi connectivity index (χ3n) is 4.11. The van der Waals surface area contributed by atoms with E-state index in [0.29, 0.717) is 5.76 Å². The Morgan fingerprint density at radius 1 is 1.00 bits per heavy atom. The Morgan fingerprint density at radius 2 is 1.71 bits per heavy atom. The highest BCUT2D eigenvalue weighted by molar-refractivity contribution is 5.78. The van der Waals surface area contributed by atoms with E-state index in [1.54, 1.807) is 6.92 Å². The molecule has 1 heterocycles. The molecule has 0 fully saturated rings. The van der Waals surface area contributed by atoms with Crippen molar-refractivity contribution in [2.24, 2.45) is 0 Å². The fourth-order valence-electron chi connectivity index (χ4n) is 2.72. The Labute approximate surface area is 142 Å². The molecule has 0 amide bonds. The van der Waals surface area contributed by atoms with Crippen LogP contribution in [0.4, 0.5) is 0 Å². The van der Waals surface area contributed by atoms with Crippen LogP contribution in [0.15, 0.2) is 52.9 Å². The van der Waals surface area contributed by atoms with Gasteiger partial charge in [0, 0.05) is 5.39 Å². The number of fused-ring (bicyclic) bond motifs is 1. The van der Waals surface area contributed by atoms with Crippen molar-refractivity contribution in [3.8, 4) is 5.75 Å². The lowest BCUT2D eigenvalue weighted by Crippen LogP contribution is -1.95. The SMILES string of the molecule is CCCOc1ccc(CCc2ccc3cc(C(C)O)oc3c2)cc1. The average Bonchev–Trinajstić information content (AvgIpc) is 3.02. The summed E-state index contributed by atoms with van der Waals surface area (Å²) in [5.74, 6) is 1.55. The summed E-state index contributed by atoms with van der Waals surface area (Å²) in [6.45, 7) is 4.58. The van der Waals surface area contributed by atoms with Gasteiger partial charge in [0.25, 0.3) is 0 Å². The Bertz CT molecular complexity index is 784. The van der Waals surface area contributed by atoms with Crippen LogP contribution in [0.25, 0.3) is 11.0 Å². The number of rotatable bonds is 7. The van der Waals surface area contributed by atoms with Crippen LogP contribution >= 0.6 is 0 Å². The molecular weight excluding hydrogens is 300 g/mol. The van der Waals surface area contributed by atoms with Crippen LogP contribution in [0.2, 0.25) is 0 Å². The van der Waals surface area contributed by atoms with Gasteiger partial charge in [-0.3, -0.25) is 0 Å². The molecule has 0 aliphatic carbocycles. The number of aliphatic hydroxyl groups is 1. The maximum atomic E-state index is 9.62. The van der Waals surface area contributed by atoms with Crippen LogP contribution in [0.1, 0.15) is 43.3 Å². The third kappa shape index (κ3) is 3.98. The van der Waals surface area contributed by atoms with Crippen LogP contribution < -0.4 is 4.74 Å². The molecule has 0 bridgehead atoms. The van der Waals surface area contributed by atoms with Gasteiger partial charge in [0.1, 0.15) is 23.2 Å². The van der Waals surface area contributed by atoms with E-state index >= 15 is 0 Å². The zero-order chi connectivity index (χ0) is 16.9. The summed E-state index contributed by atoms with van der Waals surface area (Å²) >= 11 is 0. The molecule has 2 aromatic carbocycles. The minimum absolute atomic E-state index is 0.575. The first-order chi connectivity index (χ1) is 11.7. The molecular formula is C21H24O3. The second kappa shape index (κ2) is 7.54. The smallest absolute Gasteiger partial charge is 0.134 e. The maximum absolute atomic E-state index is 9.62. The fourth-order valence-corrected chi connectivity index (χ4v) is 2.72. The van der Waals surface area contributed by atoms with Crippen molar-refractivity contribution >= 4 is 11.0 Å². The van der Waals surface area contributed by atoms with E-state index in [9.17, 15) is 5.11 Å². The van der Waals surface area contributed by atoms with Gasteiger partial charge in [0.15, 0.2) is 0 Å². The Morgan fingerprint density at radius 3 is 2.42 bits per heavy atom. The van der Waals surface area contributed by atoms with Gasteiger partial charge in [0.05, 0.1) is 6.61 Å². The summed E-state index contributed by atoms with van der Waals surface area (Å²) in [6, 6.07) is 16.5. The second-order valence-electron chi connectivity index (χ2n) is 6.19. The van der Waals surface area contributed by atoms with Gasteiger partial charge >= 0.3 is 0 Å². The number of hydrogen-bond acceptors (Lipinski definition) is 3. The number of benzene rings is 2. The first-order valence-corrected chi connectivity index (χ1v) is 8.58. The van der Waals surface area contributed by atoms with E-state index < -0.39 is 6.10 Å². The molecule has 3 rings (SSSR count). The number of ether oxygens (including phenoxy) is 1. The minimum atomic E-state index is -0.575. The molecule has 1 aromatic heterocycles. The number of aliphatic hydroxyl groups excluding tert-OH is 1. The van der Waals surface area contributed by atoms with E-state index in [-0.39, 0.29) is 0 Å². The van der Waals surface area contributed by atoms with Crippen LogP contribution in [-0.4, -0.2) is 11.7 Å². The van der Waals surface area contributed by atoms with Crippen LogP contribution in [-0.2, 0) is 12.8 Å². The lowest BCUT2D eigenvalue weighted by Gasteiger charge is -2.06. The van der Waals surface area contributed by atoms with Crippen molar-refractivity contribution in [1.29, 1.82) is 0 Å². The quantitative estimate of drug-likeness (QED) is 0.660. The molecule has 0 spiro atoms. The first-order valence-electron chi connectivity index (χ1n) is 8.58. The topological polar surface area (TPSA) is 42.6 Å². The van der Waals surface area contributed by atoms with E-state index in [1.807, 2.05) is 18.2 Å². The molecule has 0 saturated heterocycles. The van der Waals surface area contributed by atoms with Crippen molar-refractivity contribution in [3.63, 3.8) is 0 Å². The van der Waals surface area contributed by atoms with Crippen molar-refractivity contribution in [2.75, 3.05) is 6.61 Å². The standard InChI is InChI=1S/C21H24O3/c1-3-12-23-19-10-7-16(8-11-19)4-5-17-6-9-18-14-20(15(2)22)24-21(18)13-17/h6-11,13-15,22H,3-5,12H2,1-2H3. The molecule has 0 aliphatic heterocycles. The predicted molar refractivity (Wildman–Crippen MR) is 96.5 cm³/mol. The fraction of sp³-hybridized carbons (Fsp3) is 0.333. The van der Waals surface area contributed by atoms with Gasteiger partial charge in [-0.2, -0.15) is 0 Å². The predicted octanol–water partition coefficient (Wildman–Crippen LogP) is 5.06. The van der Waals surface area contributed by atoms with Crippen LogP contribution in [0.5, 0.6) is 5.75 Å². The maximum Gasteiger partial charge on any atom is 0.134 e. The van der Waals surface area contributed by atoms with Gasteiger partial charge < -0.3 is 14.3 Å². The van der Waals surface area contributed by atoms with Gasteiger partial charge in [-0.05, 0) is 61.6 Å². The first kappa shape index (κ1) is 16.6. The normalized spacial score (nSPS) is 12.5. The number of aryl methyl sites for hydroxylation is 2. The molecule has 3 nitrogen and oxygen atoms in total. The summed E-state index contributed by atoms with van der Waals surface area (Å²) < 4.78 is 11.3. The molecule has 24 heavy (non-hydrogen) atoms. The van der Waals surface area contributed by atoms with Crippen molar-refractivity contribution in [3.05, 3.63) is 65.4 Å². The second-order valence-corrected chi connectivity index (χ2v) is 6.19. The zero-order valence-corrected chi connectivity index (χ0v) is 14.3. The van der Waals surface area contributed by atoms with E-state index in [2.05, 4.69) is 37.3 Å². The van der Waals surface area contributed by atoms with Crippen LogP contribution in [0, 0.1) is 0 Å². The molecule has 0 aliphatic rings. The Balaban J connectivity index is 1.64. The van der Waals surface area contributed by atoms with Gasteiger partial charge in [-0.1, -0.05) is 31.2 Å². The molecule has 3 aromatic rings. The molecule has 3 heteroatoms. The van der Waals surface area contributed by atoms with Crippen molar-refractivity contribution < 1.29 is 14.3 Å². The molecule has 1 N–H and O–H groups in total. The van der Waals surface area contributed by atoms with E-state index in [0.717, 1.165) is 42.6 Å². The van der Waals surface area contributed by atoms with Gasteiger partial charge in [-0.15, -0.1) is 0 Å². The summed E-state index contributed by atoms with van der Waals surface area (Å²) in [5, 5.41) is 10.7. The highest BCUT2D eigenvalue weighted by Crippen LogP contribution is 2.25. The Kier molecular flexibility index (Phi) is 5.21. The van der Waals surface area contributed by atoms with Gasteiger partial charge in [0.2, 0.25) is 0 Å².